The van der Waals surface area contributed by atoms with Gasteiger partial charge in [0.15, 0.2) is 6.04 Å². The summed E-state index contributed by atoms with van der Waals surface area (Å²) < 4.78 is 5.34. The van der Waals surface area contributed by atoms with Crippen LogP contribution in [0.25, 0.3) is 0 Å². The normalized spacial score (nSPS) is 19.9. The third-order valence-electron chi connectivity index (χ3n) is 6.68. The van der Waals surface area contributed by atoms with Gasteiger partial charge in [0.05, 0.1) is 18.3 Å². The van der Waals surface area contributed by atoms with Gasteiger partial charge in [-0.05, 0) is 70.0 Å². The Hall–Kier alpha value is -3.60. The van der Waals surface area contributed by atoms with Crippen molar-refractivity contribution in [3.8, 4) is 0 Å². The van der Waals surface area contributed by atoms with E-state index in [9.17, 15) is 4.79 Å². The standard InChI is InChI=1S/C28H29N3O2/c1-19-5-11-22(12-6-19)29-27-30(23-13-7-20(2)8-14-23)25(26(32)33-4)28(17-18-28)31(27)24-15-9-21(3)10-16-24/h5-16,25H,17-18H2,1-4H3/t25-/m0/s1. The minimum atomic E-state index is -0.476. The van der Waals surface area contributed by atoms with Crippen LogP contribution in [0.2, 0.25) is 0 Å². The smallest absolute Gasteiger partial charge is 0.331 e. The molecule has 1 heterocycles. The predicted molar refractivity (Wildman–Crippen MR) is 133 cm³/mol. The Kier molecular flexibility index (Phi) is 5.20. The highest BCUT2D eigenvalue weighted by Crippen LogP contribution is 2.54. The van der Waals surface area contributed by atoms with Crippen LogP contribution in [-0.2, 0) is 9.53 Å². The fourth-order valence-electron chi connectivity index (χ4n) is 4.72. The molecule has 0 aromatic heterocycles. The molecule has 1 spiro atoms. The zero-order valence-electron chi connectivity index (χ0n) is 19.6. The van der Waals surface area contributed by atoms with Crippen molar-refractivity contribution in [2.75, 3.05) is 16.9 Å². The molecular weight excluding hydrogens is 410 g/mol. The van der Waals surface area contributed by atoms with E-state index in [1.807, 2.05) is 12.1 Å². The van der Waals surface area contributed by atoms with Crippen molar-refractivity contribution in [3.63, 3.8) is 0 Å². The first-order valence-corrected chi connectivity index (χ1v) is 11.4. The van der Waals surface area contributed by atoms with Crippen LogP contribution in [0.5, 0.6) is 0 Å². The number of hydrogen-bond donors (Lipinski definition) is 0. The van der Waals surface area contributed by atoms with Crippen LogP contribution in [0, 0.1) is 20.8 Å². The highest BCUT2D eigenvalue weighted by atomic mass is 16.5. The predicted octanol–water partition coefficient (Wildman–Crippen LogP) is 5.70. The molecule has 3 aromatic carbocycles. The molecule has 2 fully saturated rings. The van der Waals surface area contributed by atoms with Crippen LogP contribution in [-0.4, -0.2) is 30.6 Å². The van der Waals surface area contributed by atoms with E-state index < -0.39 is 6.04 Å². The monoisotopic (exact) mass is 439 g/mol. The zero-order chi connectivity index (χ0) is 23.2. The summed E-state index contributed by atoms with van der Waals surface area (Å²) >= 11 is 0. The summed E-state index contributed by atoms with van der Waals surface area (Å²) in [5.74, 6) is 0.513. The number of rotatable bonds is 4. The molecule has 1 saturated heterocycles. The molecule has 5 nitrogen and oxygen atoms in total. The first kappa shape index (κ1) is 21.3. The van der Waals surface area contributed by atoms with Crippen molar-refractivity contribution < 1.29 is 9.53 Å². The molecule has 2 aliphatic rings. The van der Waals surface area contributed by atoms with Gasteiger partial charge >= 0.3 is 5.97 Å². The lowest BCUT2D eigenvalue weighted by atomic mass is 10.0. The summed E-state index contributed by atoms with van der Waals surface area (Å²) in [5, 5.41) is 0. The van der Waals surface area contributed by atoms with Gasteiger partial charge in [0.1, 0.15) is 0 Å². The fraction of sp³-hybridized carbons (Fsp3) is 0.286. The van der Waals surface area contributed by atoms with Crippen molar-refractivity contribution >= 4 is 29.0 Å². The van der Waals surface area contributed by atoms with Crippen molar-refractivity contribution in [2.24, 2.45) is 4.99 Å². The van der Waals surface area contributed by atoms with Crippen LogP contribution < -0.4 is 9.80 Å². The zero-order valence-corrected chi connectivity index (χ0v) is 19.6. The summed E-state index contributed by atoms with van der Waals surface area (Å²) in [6.07, 6.45) is 1.80. The second-order valence-corrected chi connectivity index (χ2v) is 9.15. The molecule has 0 bridgehead atoms. The van der Waals surface area contributed by atoms with Gasteiger partial charge in [0, 0.05) is 11.4 Å². The highest BCUT2D eigenvalue weighted by Gasteiger charge is 2.67. The molecule has 5 heteroatoms. The number of carbonyl (C=O) groups is 1. The second kappa shape index (κ2) is 8.07. The topological polar surface area (TPSA) is 45.1 Å². The van der Waals surface area contributed by atoms with E-state index in [2.05, 4.69) is 91.2 Å². The third-order valence-corrected chi connectivity index (χ3v) is 6.68. The summed E-state index contributed by atoms with van der Waals surface area (Å²) in [6, 6.07) is 24.4. The van der Waals surface area contributed by atoms with Crippen LogP contribution in [0.15, 0.2) is 77.8 Å². The average Bonchev–Trinajstić information content (AvgIpc) is 3.55. The molecule has 1 aliphatic carbocycles. The maximum atomic E-state index is 13.2. The Labute approximate surface area is 195 Å². The summed E-state index contributed by atoms with van der Waals surface area (Å²) in [4.78, 5) is 22.7. The minimum Gasteiger partial charge on any atom is -0.467 e. The molecule has 33 heavy (non-hydrogen) atoms. The summed E-state index contributed by atoms with van der Waals surface area (Å²) in [6.45, 7) is 6.21. The molecule has 5 rings (SSSR count). The first-order valence-electron chi connectivity index (χ1n) is 11.4. The fourth-order valence-corrected chi connectivity index (χ4v) is 4.72. The number of guanidine groups is 1. The quantitative estimate of drug-likeness (QED) is 0.489. The molecule has 3 aromatic rings. The maximum absolute atomic E-state index is 13.2. The van der Waals surface area contributed by atoms with Crippen LogP contribution >= 0.6 is 0 Å². The van der Waals surface area contributed by atoms with Crippen LogP contribution in [0.1, 0.15) is 29.5 Å². The number of ether oxygens (including phenoxy) is 1. The highest BCUT2D eigenvalue weighted by molar-refractivity contribution is 6.17. The number of esters is 1. The Morgan fingerprint density at radius 2 is 1.30 bits per heavy atom. The summed E-state index contributed by atoms with van der Waals surface area (Å²) in [7, 11) is 1.47. The molecular formula is C28H29N3O2. The van der Waals surface area contributed by atoms with Gasteiger partial charge in [-0.2, -0.15) is 0 Å². The molecule has 1 atom stereocenters. The van der Waals surface area contributed by atoms with Gasteiger partial charge < -0.3 is 9.64 Å². The second-order valence-electron chi connectivity index (χ2n) is 9.15. The molecule has 0 unspecified atom stereocenters. The largest absolute Gasteiger partial charge is 0.467 e. The first-order chi connectivity index (χ1) is 15.9. The maximum Gasteiger partial charge on any atom is 0.331 e. The molecule has 168 valence electrons. The third kappa shape index (κ3) is 3.67. The van der Waals surface area contributed by atoms with Crippen LogP contribution in [0.4, 0.5) is 17.1 Å². The van der Waals surface area contributed by atoms with Crippen molar-refractivity contribution in [1.82, 2.24) is 0 Å². The summed E-state index contributed by atoms with van der Waals surface area (Å²) in [5.41, 5.74) is 5.99. The van der Waals surface area contributed by atoms with Crippen LogP contribution in [0.3, 0.4) is 0 Å². The molecule has 0 N–H and O–H groups in total. The molecule has 0 amide bonds. The van der Waals surface area contributed by atoms with E-state index in [4.69, 9.17) is 9.73 Å². The number of methoxy groups -OCH3 is 1. The van der Waals surface area contributed by atoms with Gasteiger partial charge in [0.25, 0.3) is 0 Å². The number of hydrogen-bond acceptors (Lipinski definition) is 3. The molecule has 0 radical (unpaired) electrons. The van der Waals surface area contributed by atoms with E-state index in [1.54, 1.807) is 0 Å². The van der Waals surface area contributed by atoms with E-state index in [-0.39, 0.29) is 11.5 Å². The van der Waals surface area contributed by atoms with Crippen molar-refractivity contribution in [1.29, 1.82) is 0 Å². The van der Waals surface area contributed by atoms with Gasteiger partial charge in [-0.3, -0.25) is 4.90 Å². The average molecular weight is 440 g/mol. The Bertz CT molecular complexity index is 1190. The number of benzene rings is 3. The Balaban J connectivity index is 1.74. The van der Waals surface area contributed by atoms with Crippen molar-refractivity contribution in [2.45, 2.75) is 45.2 Å². The SMILES string of the molecule is COC(=O)[C@@H]1N(c2ccc(C)cc2)C(=Nc2ccc(C)cc2)N(c2ccc(C)cc2)C12CC2. The number of nitrogens with zero attached hydrogens (tertiary/aromatic N) is 3. The van der Waals surface area contributed by atoms with Gasteiger partial charge in [-0.25, -0.2) is 9.79 Å². The van der Waals surface area contributed by atoms with Gasteiger partial charge in [-0.1, -0.05) is 53.1 Å². The van der Waals surface area contributed by atoms with Gasteiger partial charge in [0.2, 0.25) is 5.96 Å². The van der Waals surface area contributed by atoms with E-state index in [0.717, 1.165) is 35.9 Å². The number of aryl methyl sites for hydroxylation is 3. The number of carbonyl (C=O) groups excluding carboxylic acids is 1. The lowest BCUT2D eigenvalue weighted by Crippen LogP contribution is -2.46. The minimum absolute atomic E-state index is 0.237. The van der Waals surface area contributed by atoms with E-state index >= 15 is 0 Å². The molecule has 1 saturated carbocycles. The number of aliphatic imine (C=N–C) groups is 1. The Morgan fingerprint density at radius 1 is 0.818 bits per heavy atom. The Morgan fingerprint density at radius 3 is 1.79 bits per heavy atom. The van der Waals surface area contributed by atoms with E-state index in [1.165, 1.54) is 23.8 Å². The van der Waals surface area contributed by atoms with Crippen molar-refractivity contribution in [3.05, 3.63) is 89.5 Å². The lowest BCUT2D eigenvalue weighted by Gasteiger charge is -2.26. The molecule has 1 aliphatic heterocycles. The van der Waals surface area contributed by atoms with E-state index in [0.29, 0.717) is 0 Å². The van der Waals surface area contributed by atoms with Gasteiger partial charge in [-0.15, -0.1) is 0 Å². The number of anilines is 2. The lowest BCUT2D eigenvalue weighted by molar-refractivity contribution is -0.142.